The highest BCUT2D eigenvalue weighted by atomic mass is 16.5. The molecule has 0 spiro atoms. The van der Waals surface area contributed by atoms with Crippen molar-refractivity contribution in [3.63, 3.8) is 0 Å². The number of hydrogen-bond donors (Lipinski definition) is 2. The molecular formula is C20H17N5O3. The fourth-order valence-corrected chi connectivity index (χ4v) is 2.43. The topological polar surface area (TPSA) is 109 Å². The maximum Gasteiger partial charge on any atom is 0.274 e. The Hall–Kier alpha value is -4.12. The Bertz CT molecular complexity index is 1030. The Balaban J connectivity index is 1.74. The van der Waals surface area contributed by atoms with E-state index in [2.05, 4.69) is 20.6 Å². The fraction of sp³-hybridized carbons (Fsp3) is 0.100. The van der Waals surface area contributed by atoms with Crippen LogP contribution in [0.4, 0.5) is 17.2 Å². The van der Waals surface area contributed by atoms with Crippen LogP contribution >= 0.6 is 0 Å². The van der Waals surface area contributed by atoms with E-state index in [-0.39, 0.29) is 11.6 Å². The second-order valence-corrected chi connectivity index (χ2v) is 5.63. The first-order valence-electron chi connectivity index (χ1n) is 8.25. The summed E-state index contributed by atoms with van der Waals surface area (Å²) in [7, 11) is 3.12. The molecule has 0 atom stereocenters. The van der Waals surface area contributed by atoms with E-state index in [1.807, 2.05) is 6.07 Å². The molecular weight excluding hydrogens is 358 g/mol. The van der Waals surface area contributed by atoms with Gasteiger partial charge in [0.15, 0.2) is 11.5 Å². The molecule has 1 amide bonds. The average molecular weight is 375 g/mol. The van der Waals surface area contributed by atoms with Crippen molar-refractivity contribution in [3.05, 3.63) is 66.1 Å². The highest BCUT2D eigenvalue weighted by Crippen LogP contribution is 2.30. The lowest BCUT2D eigenvalue weighted by molar-refractivity contribution is 0.102. The number of amides is 1. The molecule has 0 bridgehead atoms. The molecule has 2 N–H and O–H groups in total. The monoisotopic (exact) mass is 375 g/mol. The Morgan fingerprint density at radius 3 is 2.36 bits per heavy atom. The molecule has 3 aromatic rings. The lowest BCUT2D eigenvalue weighted by Crippen LogP contribution is -2.14. The summed E-state index contributed by atoms with van der Waals surface area (Å²) in [5, 5.41) is 14.7. The maximum atomic E-state index is 12.4. The molecule has 0 saturated heterocycles. The van der Waals surface area contributed by atoms with Gasteiger partial charge in [0.25, 0.3) is 5.91 Å². The predicted molar refractivity (Wildman–Crippen MR) is 104 cm³/mol. The lowest BCUT2D eigenvalue weighted by atomic mass is 10.2. The third-order valence-electron chi connectivity index (χ3n) is 3.83. The van der Waals surface area contributed by atoms with Gasteiger partial charge in [0.05, 0.1) is 25.9 Å². The van der Waals surface area contributed by atoms with E-state index in [1.54, 1.807) is 56.7 Å². The number of benzene rings is 2. The summed E-state index contributed by atoms with van der Waals surface area (Å²) in [6, 6.07) is 15.5. The fourth-order valence-electron chi connectivity index (χ4n) is 2.43. The number of anilines is 3. The summed E-state index contributed by atoms with van der Waals surface area (Å²) >= 11 is 0. The minimum Gasteiger partial charge on any atom is -0.493 e. The molecule has 0 aliphatic rings. The van der Waals surface area contributed by atoms with Gasteiger partial charge in [-0.2, -0.15) is 5.26 Å². The van der Waals surface area contributed by atoms with Crippen LogP contribution in [0.1, 0.15) is 16.1 Å². The van der Waals surface area contributed by atoms with Gasteiger partial charge in [0.1, 0.15) is 17.8 Å². The van der Waals surface area contributed by atoms with Crippen molar-refractivity contribution >= 4 is 23.1 Å². The SMILES string of the molecule is COc1ccc(Nc2cc(C(=O)Nc3ccc(C#N)cc3)ncn2)cc1OC. The molecule has 3 rings (SSSR count). The zero-order valence-corrected chi connectivity index (χ0v) is 15.3. The van der Waals surface area contributed by atoms with Gasteiger partial charge in [-0.15, -0.1) is 0 Å². The number of nitrogens with zero attached hydrogens (tertiary/aromatic N) is 3. The van der Waals surface area contributed by atoms with E-state index in [0.717, 1.165) is 5.69 Å². The minimum absolute atomic E-state index is 0.197. The number of aromatic nitrogens is 2. The number of carbonyl (C=O) groups is 1. The van der Waals surface area contributed by atoms with Gasteiger partial charge in [-0.05, 0) is 36.4 Å². The predicted octanol–water partition coefficient (Wildman–Crippen LogP) is 3.36. The van der Waals surface area contributed by atoms with Gasteiger partial charge in [0, 0.05) is 23.5 Å². The third kappa shape index (κ3) is 4.34. The van der Waals surface area contributed by atoms with Crippen molar-refractivity contribution in [2.45, 2.75) is 0 Å². The lowest BCUT2D eigenvalue weighted by Gasteiger charge is -2.11. The number of rotatable bonds is 6. The maximum absolute atomic E-state index is 12.4. The Morgan fingerprint density at radius 1 is 0.964 bits per heavy atom. The number of methoxy groups -OCH3 is 2. The highest BCUT2D eigenvalue weighted by molar-refractivity contribution is 6.03. The third-order valence-corrected chi connectivity index (χ3v) is 3.83. The molecule has 0 radical (unpaired) electrons. The van der Waals surface area contributed by atoms with E-state index in [0.29, 0.717) is 28.6 Å². The van der Waals surface area contributed by atoms with E-state index in [1.165, 1.54) is 12.4 Å². The first-order valence-corrected chi connectivity index (χ1v) is 8.25. The van der Waals surface area contributed by atoms with Crippen molar-refractivity contribution in [2.24, 2.45) is 0 Å². The standard InChI is InChI=1S/C20H17N5O3/c1-27-17-8-7-15(9-18(17)28-2)24-19-10-16(22-12-23-19)20(26)25-14-5-3-13(11-21)4-6-14/h3-10,12H,1-2H3,(H,25,26)(H,22,23,24). The van der Waals surface area contributed by atoms with Crippen molar-refractivity contribution in [1.82, 2.24) is 9.97 Å². The van der Waals surface area contributed by atoms with Crippen molar-refractivity contribution in [1.29, 1.82) is 5.26 Å². The van der Waals surface area contributed by atoms with Gasteiger partial charge in [-0.1, -0.05) is 0 Å². The summed E-state index contributed by atoms with van der Waals surface area (Å²) in [5.74, 6) is 1.24. The van der Waals surface area contributed by atoms with Crippen LogP contribution in [0.3, 0.4) is 0 Å². The Morgan fingerprint density at radius 2 is 1.68 bits per heavy atom. The minimum atomic E-state index is -0.387. The van der Waals surface area contributed by atoms with Crippen LogP contribution in [0, 0.1) is 11.3 Å². The Kier molecular flexibility index (Phi) is 5.67. The van der Waals surface area contributed by atoms with Crippen LogP contribution in [-0.4, -0.2) is 30.1 Å². The first-order chi connectivity index (χ1) is 13.6. The smallest absolute Gasteiger partial charge is 0.274 e. The molecule has 1 heterocycles. The van der Waals surface area contributed by atoms with Gasteiger partial charge in [-0.3, -0.25) is 4.79 Å². The molecule has 1 aromatic heterocycles. The van der Waals surface area contributed by atoms with Crippen molar-refractivity contribution in [3.8, 4) is 17.6 Å². The molecule has 0 aliphatic carbocycles. The summed E-state index contributed by atoms with van der Waals surface area (Å²) in [5.41, 5.74) is 2.00. The van der Waals surface area contributed by atoms with E-state index < -0.39 is 0 Å². The second kappa shape index (κ2) is 8.51. The molecule has 0 aliphatic heterocycles. The average Bonchev–Trinajstić information content (AvgIpc) is 2.74. The number of hydrogen-bond acceptors (Lipinski definition) is 7. The quantitative estimate of drug-likeness (QED) is 0.680. The number of nitriles is 1. The summed E-state index contributed by atoms with van der Waals surface area (Å²) < 4.78 is 10.5. The van der Waals surface area contributed by atoms with Crippen LogP contribution in [0.25, 0.3) is 0 Å². The van der Waals surface area contributed by atoms with E-state index in [9.17, 15) is 4.79 Å². The normalized spacial score (nSPS) is 9.89. The molecule has 0 unspecified atom stereocenters. The summed E-state index contributed by atoms with van der Waals surface area (Å²) in [6.45, 7) is 0. The summed E-state index contributed by atoms with van der Waals surface area (Å²) in [6.07, 6.45) is 1.30. The molecule has 0 saturated carbocycles. The van der Waals surface area contributed by atoms with Gasteiger partial charge >= 0.3 is 0 Å². The van der Waals surface area contributed by atoms with E-state index in [4.69, 9.17) is 14.7 Å². The molecule has 8 heteroatoms. The van der Waals surface area contributed by atoms with Crippen molar-refractivity contribution < 1.29 is 14.3 Å². The first kappa shape index (κ1) is 18.7. The molecule has 8 nitrogen and oxygen atoms in total. The molecule has 2 aromatic carbocycles. The Labute approximate surface area is 161 Å². The molecule has 140 valence electrons. The van der Waals surface area contributed by atoms with Crippen LogP contribution in [-0.2, 0) is 0 Å². The molecule has 0 fully saturated rings. The number of carbonyl (C=O) groups excluding carboxylic acids is 1. The van der Waals surface area contributed by atoms with Gasteiger partial charge < -0.3 is 20.1 Å². The van der Waals surface area contributed by atoms with Crippen LogP contribution < -0.4 is 20.1 Å². The van der Waals surface area contributed by atoms with Crippen LogP contribution in [0.2, 0.25) is 0 Å². The van der Waals surface area contributed by atoms with Crippen LogP contribution in [0.15, 0.2) is 54.9 Å². The van der Waals surface area contributed by atoms with Crippen LogP contribution in [0.5, 0.6) is 11.5 Å². The number of ether oxygens (including phenoxy) is 2. The van der Waals surface area contributed by atoms with Gasteiger partial charge in [-0.25, -0.2) is 9.97 Å². The van der Waals surface area contributed by atoms with Crippen molar-refractivity contribution in [2.75, 3.05) is 24.9 Å². The largest absolute Gasteiger partial charge is 0.493 e. The summed E-state index contributed by atoms with van der Waals surface area (Å²) in [4.78, 5) is 20.6. The zero-order chi connectivity index (χ0) is 19.9. The van der Waals surface area contributed by atoms with Gasteiger partial charge in [0.2, 0.25) is 0 Å². The highest BCUT2D eigenvalue weighted by Gasteiger charge is 2.11. The number of nitrogens with one attached hydrogen (secondary N) is 2. The molecule has 28 heavy (non-hydrogen) atoms. The zero-order valence-electron chi connectivity index (χ0n) is 15.3. The second-order valence-electron chi connectivity index (χ2n) is 5.63. The van der Waals surface area contributed by atoms with E-state index >= 15 is 0 Å².